The van der Waals surface area contributed by atoms with Crippen LogP contribution in [0.25, 0.3) is 11.3 Å². The van der Waals surface area contributed by atoms with Gasteiger partial charge in [0, 0.05) is 38.0 Å². The molecule has 4 rings (SSSR count). The fourth-order valence-corrected chi connectivity index (χ4v) is 3.42. The SMILES string of the molecule is Cn1cc(-c2ccc(=O)n([C@@H]3CNC[C@H]3OCc3ccc(C(F)(F)F)cc3)n2)cn1. The van der Waals surface area contributed by atoms with Gasteiger partial charge in [-0.15, -0.1) is 0 Å². The number of benzene rings is 1. The molecule has 0 amide bonds. The van der Waals surface area contributed by atoms with Crippen LogP contribution in [-0.2, 0) is 24.6 Å². The molecule has 0 saturated carbocycles. The van der Waals surface area contributed by atoms with E-state index >= 15 is 0 Å². The lowest BCUT2D eigenvalue weighted by Gasteiger charge is -2.21. The number of rotatable bonds is 5. The second kappa shape index (κ2) is 8.04. The fraction of sp³-hybridized carbons (Fsp3) is 0.350. The molecule has 1 aromatic carbocycles. The average Bonchev–Trinajstić information content (AvgIpc) is 3.35. The summed E-state index contributed by atoms with van der Waals surface area (Å²) in [6.07, 6.45) is -1.24. The van der Waals surface area contributed by atoms with Crippen LogP contribution in [0.15, 0.2) is 53.6 Å². The van der Waals surface area contributed by atoms with Gasteiger partial charge in [-0.2, -0.15) is 23.4 Å². The van der Waals surface area contributed by atoms with E-state index in [0.717, 1.165) is 17.7 Å². The molecule has 1 fully saturated rings. The lowest BCUT2D eigenvalue weighted by Crippen LogP contribution is -2.34. The Labute approximate surface area is 170 Å². The number of nitrogens with zero attached hydrogens (tertiary/aromatic N) is 4. The lowest BCUT2D eigenvalue weighted by atomic mass is 10.1. The van der Waals surface area contributed by atoms with Crippen molar-refractivity contribution in [2.45, 2.75) is 24.9 Å². The molecule has 0 aliphatic carbocycles. The van der Waals surface area contributed by atoms with E-state index in [4.69, 9.17) is 4.74 Å². The minimum absolute atomic E-state index is 0.137. The van der Waals surface area contributed by atoms with Gasteiger partial charge in [-0.25, -0.2) is 4.68 Å². The van der Waals surface area contributed by atoms with Crippen LogP contribution in [0.3, 0.4) is 0 Å². The van der Waals surface area contributed by atoms with E-state index in [-0.39, 0.29) is 24.3 Å². The van der Waals surface area contributed by atoms with E-state index in [1.807, 2.05) is 6.20 Å². The highest BCUT2D eigenvalue weighted by Gasteiger charge is 2.32. The summed E-state index contributed by atoms with van der Waals surface area (Å²) < 4.78 is 47.1. The van der Waals surface area contributed by atoms with Crippen LogP contribution < -0.4 is 10.9 Å². The van der Waals surface area contributed by atoms with Gasteiger partial charge in [0.15, 0.2) is 0 Å². The zero-order valence-electron chi connectivity index (χ0n) is 16.1. The van der Waals surface area contributed by atoms with Gasteiger partial charge >= 0.3 is 6.18 Å². The Morgan fingerprint density at radius 1 is 1.17 bits per heavy atom. The Kier molecular flexibility index (Phi) is 5.44. The van der Waals surface area contributed by atoms with E-state index in [2.05, 4.69) is 15.5 Å². The Balaban J connectivity index is 1.49. The Hall–Kier alpha value is -2.98. The number of hydrogen-bond acceptors (Lipinski definition) is 5. The first-order chi connectivity index (χ1) is 14.3. The summed E-state index contributed by atoms with van der Waals surface area (Å²) in [5.74, 6) is 0. The Bertz CT molecular complexity index is 1080. The van der Waals surface area contributed by atoms with Crippen molar-refractivity contribution in [3.8, 4) is 11.3 Å². The number of nitrogens with one attached hydrogen (secondary N) is 1. The molecular formula is C20H20F3N5O2. The highest BCUT2D eigenvalue weighted by atomic mass is 19.4. The number of ether oxygens (including phenoxy) is 1. The maximum Gasteiger partial charge on any atom is 0.416 e. The monoisotopic (exact) mass is 419 g/mol. The van der Waals surface area contributed by atoms with Crippen molar-refractivity contribution in [1.29, 1.82) is 0 Å². The van der Waals surface area contributed by atoms with Crippen LogP contribution in [0, 0.1) is 0 Å². The molecule has 0 radical (unpaired) electrons. The quantitative estimate of drug-likeness (QED) is 0.688. The van der Waals surface area contributed by atoms with Gasteiger partial charge in [-0.05, 0) is 23.8 Å². The molecule has 10 heteroatoms. The van der Waals surface area contributed by atoms with Crippen molar-refractivity contribution in [3.05, 3.63) is 70.3 Å². The molecule has 1 aliphatic rings. The van der Waals surface area contributed by atoms with Gasteiger partial charge in [0.05, 0.1) is 36.2 Å². The topological polar surface area (TPSA) is 74.0 Å². The van der Waals surface area contributed by atoms with Crippen molar-refractivity contribution in [3.63, 3.8) is 0 Å². The second-order valence-electron chi connectivity index (χ2n) is 7.17. The molecule has 3 aromatic rings. The van der Waals surface area contributed by atoms with Crippen molar-refractivity contribution in [2.75, 3.05) is 13.1 Å². The predicted molar refractivity (Wildman–Crippen MR) is 103 cm³/mol. The molecule has 2 atom stereocenters. The summed E-state index contributed by atoms with van der Waals surface area (Å²) in [5, 5.41) is 11.8. The van der Waals surface area contributed by atoms with Crippen molar-refractivity contribution < 1.29 is 17.9 Å². The molecule has 158 valence electrons. The van der Waals surface area contributed by atoms with E-state index in [9.17, 15) is 18.0 Å². The van der Waals surface area contributed by atoms with E-state index < -0.39 is 11.7 Å². The Morgan fingerprint density at radius 3 is 2.60 bits per heavy atom. The molecule has 0 spiro atoms. The molecule has 1 saturated heterocycles. The van der Waals surface area contributed by atoms with E-state index in [1.54, 1.807) is 24.0 Å². The molecule has 2 aromatic heterocycles. The molecule has 30 heavy (non-hydrogen) atoms. The van der Waals surface area contributed by atoms with Crippen LogP contribution in [0.5, 0.6) is 0 Å². The first-order valence-corrected chi connectivity index (χ1v) is 9.38. The highest BCUT2D eigenvalue weighted by molar-refractivity contribution is 5.55. The van der Waals surface area contributed by atoms with Gasteiger partial charge < -0.3 is 10.1 Å². The smallest absolute Gasteiger partial charge is 0.370 e. The van der Waals surface area contributed by atoms with Crippen molar-refractivity contribution >= 4 is 0 Å². The lowest BCUT2D eigenvalue weighted by molar-refractivity contribution is -0.137. The number of aryl methyl sites for hydroxylation is 1. The fourth-order valence-electron chi connectivity index (χ4n) is 3.42. The third kappa shape index (κ3) is 4.29. The normalized spacial score (nSPS) is 19.3. The minimum atomic E-state index is -4.37. The maximum atomic E-state index is 12.7. The van der Waals surface area contributed by atoms with Gasteiger partial charge in [-0.1, -0.05) is 12.1 Å². The standard InChI is InChI=1S/C20H20F3N5O2/c1-27-11-14(8-25-27)16-6-7-19(29)28(26-16)17-9-24-10-18(17)30-12-13-2-4-15(5-3-13)20(21,22)23/h2-8,11,17-18,24H,9-10,12H2,1H3/t17-,18-/m1/s1. The molecule has 1 N–H and O–H groups in total. The first kappa shape index (κ1) is 20.3. The summed E-state index contributed by atoms with van der Waals surface area (Å²) in [7, 11) is 1.80. The molecule has 0 unspecified atom stereocenters. The predicted octanol–water partition coefficient (Wildman–Crippen LogP) is 2.39. The third-order valence-corrected chi connectivity index (χ3v) is 5.01. The van der Waals surface area contributed by atoms with Crippen LogP contribution in [-0.4, -0.2) is 38.8 Å². The average molecular weight is 419 g/mol. The molecule has 1 aliphatic heterocycles. The molecule has 3 heterocycles. The molecular weight excluding hydrogens is 399 g/mol. The Morgan fingerprint density at radius 2 is 1.93 bits per heavy atom. The van der Waals surface area contributed by atoms with Crippen LogP contribution >= 0.6 is 0 Å². The van der Waals surface area contributed by atoms with Gasteiger partial charge in [0.25, 0.3) is 5.56 Å². The zero-order chi connectivity index (χ0) is 21.3. The zero-order valence-corrected chi connectivity index (χ0v) is 16.1. The second-order valence-corrected chi connectivity index (χ2v) is 7.17. The summed E-state index contributed by atoms with van der Waals surface area (Å²) >= 11 is 0. The first-order valence-electron chi connectivity index (χ1n) is 9.38. The van der Waals surface area contributed by atoms with Gasteiger partial charge in [-0.3, -0.25) is 9.48 Å². The number of alkyl halides is 3. The summed E-state index contributed by atoms with van der Waals surface area (Å²) in [5.41, 5.74) is 1.09. The summed E-state index contributed by atoms with van der Waals surface area (Å²) in [4.78, 5) is 12.4. The minimum Gasteiger partial charge on any atom is -0.370 e. The molecule has 7 nitrogen and oxygen atoms in total. The third-order valence-electron chi connectivity index (χ3n) is 5.01. The van der Waals surface area contributed by atoms with Gasteiger partial charge in [0.2, 0.25) is 0 Å². The van der Waals surface area contributed by atoms with Crippen LogP contribution in [0.2, 0.25) is 0 Å². The molecule has 0 bridgehead atoms. The van der Waals surface area contributed by atoms with Crippen LogP contribution in [0.4, 0.5) is 13.2 Å². The number of halogens is 3. The highest BCUT2D eigenvalue weighted by Crippen LogP contribution is 2.29. The van der Waals surface area contributed by atoms with Crippen molar-refractivity contribution in [1.82, 2.24) is 24.9 Å². The summed E-state index contributed by atoms with van der Waals surface area (Å²) in [6.45, 7) is 1.15. The van der Waals surface area contributed by atoms with Crippen LogP contribution in [0.1, 0.15) is 17.2 Å². The van der Waals surface area contributed by atoms with Crippen molar-refractivity contribution in [2.24, 2.45) is 7.05 Å². The number of hydrogen-bond donors (Lipinski definition) is 1. The largest absolute Gasteiger partial charge is 0.416 e. The summed E-state index contributed by atoms with van der Waals surface area (Å²) in [6, 6.07) is 7.64. The van der Waals surface area contributed by atoms with E-state index in [0.29, 0.717) is 24.3 Å². The van der Waals surface area contributed by atoms with E-state index in [1.165, 1.54) is 22.9 Å². The van der Waals surface area contributed by atoms with Gasteiger partial charge in [0.1, 0.15) is 0 Å². The maximum absolute atomic E-state index is 12.7. The number of aromatic nitrogens is 4.